The van der Waals surface area contributed by atoms with E-state index in [2.05, 4.69) is 0 Å². The summed E-state index contributed by atoms with van der Waals surface area (Å²) in [5, 5.41) is 8.64. The Balaban J connectivity index is 2.15. The number of hydrogen-bond acceptors (Lipinski definition) is 2. The molecule has 0 heterocycles. The standard InChI is InChI=1S/C15H12FNO/c1-11(12-5-3-2-4-6-12)18-14-8-7-13(10-17)15(16)9-14/h2-9,11H,1H3. The van der Waals surface area contributed by atoms with Crippen LogP contribution in [0.4, 0.5) is 4.39 Å². The van der Waals surface area contributed by atoms with Gasteiger partial charge in [0.25, 0.3) is 0 Å². The van der Waals surface area contributed by atoms with E-state index in [0.29, 0.717) is 5.75 Å². The van der Waals surface area contributed by atoms with E-state index in [1.807, 2.05) is 37.3 Å². The fourth-order valence-electron chi connectivity index (χ4n) is 1.66. The van der Waals surface area contributed by atoms with Crippen LogP contribution in [0.2, 0.25) is 0 Å². The predicted octanol–water partition coefficient (Wildman–Crippen LogP) is 3.84. The Morgan fingerprint density at radius 2 is 1.89 bits per heavy atom. The van der Waals surface area contributed by atoms with Crippen molar-refractivity contribution in [2.45, 2.75) is 13.0 Å². The van der Waals surface area contributed by atoms with E-state index in [0.717, 1.165) is 5.56 Å². The Labute approximate surface area is 105 Å². The van der Waals surface area contributed by atoms with Crippen molar-refractivity contribution in [3.05, 3.63) is 65.5 Å². The Kier molecular flexibility index (Phi) is 3.59. The zero-order valence-electron chi connectivity index (χ0n) is 9.93. The van der Waals surface area contributed by atoms with Crippen LogP contribution in [0.25, 0.3) is 0 Å². The lowest BCUT2D eigenvalue weighted by atomic mass is 10.1. The normalized spacial score (nSPS) is 11.6. The van der Waals surface area contributed by atoms with Crippen molar-refractivity contribution in [3.8, 4) is 11.8 Å². The van der Waals surface area contributed by atoms with Gasteiger partial charge in [-0.3, -0.25) is 0 Å². The molecule has 2 aromatic rings. The zero-order chi connectivity index (χ0) is 13.0. The average molecular weight is 241 g/mol. The lowest BCUT2D eigenvalue weighted by molar-refractivity contribution is 0.226. The smallest absolute Gasteiger partial charge is 0.144 e. The molecule has 0 aliphatic heterocycles. The van der Waals surface area contributed by atoms with Crippen LogP contribution >= 0.6 is 0 Å². The molecule has 0 N–H and O–H groups in total. The van der Waals surface area contributed by atoms with E-state index in [1.165, 1.54) is 12.1 Å². The number of ether oxygens (including phenoxy) is 1. The van der Waals surface area contributed by atoms with Gasteiger partial charge in [-0.25, -0.2) is 4.39 Å². The molecule has 2 aromatic carbocycles. The van der Waals surface area contributed by atoms with Crippen molar-refractivity contribution in [2.24, 2.45) is 0 Å². The first-order chi connectivity index (χ1) is 8.70. The Bertz CT molecular complexity index is 575. The number of benzene rings is 2. The number of rotatable bonds is 3. The average Bonchev–Trinajstić information content (AvgIpc) is 2.40. The minimum atomic E-state index is -0.560. The summed E-state index contributed by atoms with van der Waals surface area (Å²) in [4.78, 5) is 0. The first-order valence-electron chi connectivity index (χ1n) is 5.62. The summed E-state index contributed by atoms with van der Waals surface area (Å²) in [6.07, 6.45) is -0.168. The van der Waals surface area contributed by atoms with Crippen LogP contribution in [0, 0.1) is 17.1 Å². The molecule has 18 heavy (non-hydrogen) atoms. The van der Waals surface area contributed by atoms with Gasteiger partial charge >= 0.3 is 0 Å². The molecule has 0 fully saturated rings. The van der Waals surface area contributed by atoms with Crippen LogP contribution in [0.5, 0.6) is 5.75 Å². The highest BCUT2D eigenvalue weighted by molar-refractivity contribution is 5.36. The molecule has 3 heteroatoms. The molecule has 0 aliphatic carbocycles. The van der Waals surface area contributed by atoms with Gasteiger partial charge in [-0.2, -0.15) is 5.26 Å². The molecule has 0 spiro atoms. The van der Waals surface area contributed by atoms with Crippen LogP contribution in [-0.2, 0) is 0 Å². The summed E-state index contributed by atoms with van der Waals surface area (Å²) >= 11 is 0. The number of nitriles is 1. The Morgan fingerprint density at radius 1 is 1.17 bits per heavy atom. The minimum absolute atomic E-state index is 0.0229. The van der Waals surface area contributed by atoms with E-state index in [9.17, 15) is 4.39 Å². The first kappa shape index (κ1) is 12.1. The van der Waals surface area contributed by atoms with Crippen LogP contribution in [0.1, 0.15) is 24.2 Å². The highest BCUT2D eigenvalue weighted by Gasteiger charge is 2.08. The molecule has 2 nitrogen and oxygen atoms in total. The molecule has 0 amide bonds. The topological polar surface area (TPSA) is 33.0 Å². The second-order valence-corrected chi connectivity index (χ2v) is 3.92. The molecule has 0 bridgehead atoms. The largest absolute Gasteiger partial charge is 0.486 e. The van der Waals surface area contributed by atoms with Crippen molar-refractivity contribution in [2.75, 3.05) is 0 Å². The quantitative estimate of drug-likeness (QED) is 0.818. The van der Waals surface area contributed by atoms with Gasteiger partial charge in [0.2, 0.25) is 0 Å². The Hall–Kier alpha value is -2.34. The van der Waals surface area contributed by atoms with Gasteiger partial charge in [0.1, 0.15) is 23.7 Å². The zero-order valence-corrected chi connectivity index (χ0v) is 9.93. The van der Waals surface area contributed by atoms with E-state index in [4.69, 9.17) is 10.00 Å². The van der Waals surface area contributed by atoms with Gasteiger partial charge in [-0.05, 0) is 24.6 Å². The van der Waals surface area contributed by atoms with E-state index in [1.54, 1.807) is 12.1 Å². The molecular weight excluding hydrogens is 229 g/mol. The SMILES string of the molecule is CC(Oc1ccc(C#N)c(F)c1)c1ccccc1. The minimum Gasteiger partial charge on any atom is -0.486 e. The Morgan fingerprint density at radius 3 is 2.50 bits per heavy atom. The van der Waals surface area contributed by atoms with Crippen molar-refractivity contribution in [1.29, 1.82) is 5.26 Å². The van der Waals surface area contributed by atoms with Gasteiger partial charge in [-0.15, -0.1) is 0 Å². The van der Waals surface area contributed by atoms with Crippen molar-refractivity contribution in [1.82, 2.24) is 0 Å². The van der Waals surface area contributed by atoms with Crippen molar-refractivity contribution >= 4 is 0 Å². The maximum absolute atomic E-state index is 13.4. The van der Waals surface area contributed by atoms with Gasteiger partial charge in [0.15, 0.2) is 0 Å². The third kappa shape index (κ3) is 2.67. The molecule has 0 radical (unpaired) electrons. The highest BCUT2D eigenvalue weighted by Crippen LogP contribution is 2.23. The van der Waals surface area contributed by atoms with E-state index >= 15 is 0 Å². The lowest BCUT2D eigenvalue weighted by Gasteiger charge is -2.15. The fraction of sp³-hybridized carbons (Fsp3) is 0.133. The van der Waals surface area contributed by atoms with E-state index < -0.39 is 5.82 Å². The number of halogens is 1. The van der Waals surface area contributed by atoms with E-state index in [-0.39, 0.29) is 11.7 Å². The van der Waals surface area contributed by atoms with Crippen LogP contribution in [0.15, 0.2) is 48.5 Å². The van der Waals surface area contributed by atoms with Gasteiger partial charge in [-0.1, -0.05) is 30.3 Å². The van der Waals surface area contributed by atoms with Gasteiger partial charge in [0.05, 0.1) is 5.56 Å². The predicted molar refractivity (Wildman–Crippen MR) is 66.6 cm³/mol. The highest BCUT2D eigenvalue weighted by atomic mass is 19.1. The fourth-order valence-corrected chi connectivity index (χ4v) is 1.66. The molecule has 0 aromatic heterocycles. The second-order valence-electron chi connectivity index (χ2n) is 3.92. The molecule has 2 rings (SSSR count). The third-order valence-corrected chi connectivity index (χ3v) is 2.64. The number of hydrogen-bond donors (Lipinski definition) is 0. The molecule has 0 saturated heterocycles. The summed E-state index contributed by atoms with van der Waals surface area (Å²) in [6, 6.07) is 15.7. The maximum Gasteiger partial charge on any atom is 0.144 e. The summed E-state index contributed by atoms with van der Waals surface area (Å²) in [5.74, 6) is -0.141. The van der Waals surface area contributed by atoms with Crippen LogP contribution in [-0.4, -0.2) is 0 Å². The molecule has 1 unspecified atom stereocenters. The van der Waals surface area contributed by atoms with Crippen LogP contribution < -0.4 is 4.74 Å². The molecule has 90 valence electrons. The van der Waals surface area contributed by atoms with Crippen molar-refractivity contribution < 1.29 is 9.13 Å². The van der Waals surface area contributed by atoms with Gasteiger partial charge < -0.3 is 4.74 Å². The van der Waals surface area contributed by atoms with Crippen molar-refractivity contribution in [3.63, 3.8) is 0 Å². The third-order valence-electron chi connectivity index (χ3n) is 2.64. The van der Waals surface area contributed by atoms with Crippen LogP contribution in [0.3, 0.4) is 0 Å². The van der Waals surface area contributed by atoms with Gasteiger partial charge in [0, 0.05) is 6.07 Å². The summed E-state index contributed by atoms with van der Waals surface area (Å²) in [6.45, 7) is 1.89. The summed E-state index contributed by atoms with van der Waals surface area (Å²) in [7, 11) is 0. The molecular formula is C15H12FNO. The number of nitrogens with zero attached hydrogens (tertiary/aromatic N) is 1. The second kappa shape index (κ2) is 5.33. The lowest BCUT2D eigenvalue weighted by Crippen LogP contribution is -2.03. The molecule has 0 saturated carbocycles. The molecule has 1 atom stereocenters. The first-order valence-corrected chi connectivity index (χ1v) is 5.62. The monoisotopic (exact) mass is 241 g/mol. The molecule has 0 aliphatic rings. The summed E-state index contributed by atoms with van der Waals surface area (Å²) in [5.41, 5.74) is 1.04. The summed E-state index contributed by atoms with van der Waals surface area (Å²) < 4.78 is 19.0. The maximum atomic E-state index is 13.4.